The summed E-state index contributed by atoms with van der Waals surface area (Å²) in [7, 11) is 0. The van der Waals surface area contributed by atoms with E-state index in [1.54, 1.807) is 18.3 Å². The summed E-state index contributed by atoms with van der Waals surface area (Å²) in [5.41, 5.74) is 6.96. The van der Waals surface area contributed by atoms with Gasteiger partial charge in [0.05, 0.1) is 11.0 Å². The molecule has 2 N–H and O–H groups in total. The zero-order valence-corrected chi connectivity index (χ0v) is 13.1. The molecule has 1 aromatic heterocycles. The van der Waals surface area contributed by atoms with Crippen molar-refractivity contribution >= 4 is 49.1 Å². The van der Waals surface area contributed by atoms with Crippen molar-refractivity contribution < 1.29 is 0 Å². The minimum Gasteiger partial charge on any atom is -0.398 e. The Labute approximate surface area is 126 Å². The van der Waals surface area contributed by atoms with Crippen molar-refractivity contribution in [2.24, 2.45) is 0 Å². The molecule has 0 saturated carbocycles. The summed E-state index contributed by atoms with van der Waals surface area (Å²) >= 11 is 12.6. The Balaban J connectivity index is 2.43. The molecular formula is C12H9Br2ClN2O. The van der Waals surface area contributed by atoms with E-state index in [0.29, 0.717) is 21.7 Å². The van der Waals surface area contributed by atoms with E-state index in [-0.39, 0.29) is 5.56 Å². The van der Waals surface area contributed by atoms with Gasteiger partial charge in [0.2, 0.25) is 0 Å². The number of hydrogen-bond donors (Lipinski definition) is 1. The van der Waals surface area contributed by atoms with Gasteiger partial charge in [0.25, 0.3) is 5.56 Å². The minimum absolute atomic E-state index is 0.136. The number of nitrogens with zero attached hydrogens (tertiary/aromatic N) is 1. The van der Waals surface area contributed by atoms with Crippen LogP contribution in [0.5, 0.6) is 0 Å². The van der Waals surface area contributed by atoms with E-state index < -0.39 is 0 Å². The Hall–Kier alpha value is -0.780. The monoisotopic (exact) mass is 390 g/mol. The van der Waals surface area contributed by atoms with Crippen LogP contribution in [0.2, 0.25) is 5.02 Å². The van der Waals surface area contributed by atoms with E-state index in [1.165, 1.54) is 4.57 Å². The van der Waals surface area contributed by atoms with Crippen LogP contribution in [0.1, 0.15) is 5.56 Å². The van der Waals surface area contributed by atoms with E-state index >= 15 is 0 Å². The minimum atomic E-state index is -0.136. The lowest BCUT2D eigenvalue weighted by Crippen LogP contribution is -2.21. The fourth-order valence-corrected chi connectivity index (χ4v) is 2.80. The Morgan fingerprint density at radius 1 is 1.28 bits per heavy atom. The summed E-state index contributed by atoms with van der Waals surface area (Å²) in [5.74, 6) is 0. The molecule has 0 fully saturated rings. The van der Waals surface area contributed by atoms with Crippen molar-refractivity contribution in [3.05, 3.63) is 60.3 Å². The van der Waals surface area contributed by atoms with Crippen molar-refractivity contribution in [2.75, 3.05) is 5.73 Å². The third-order valence-electron chi connectivity index (χ3n) is 2.42. The molecule has 0 unspecified atom stereocenters. The molecular weight excluding hydrogens is 383 g/mol. The smallest absolute Gasteiger partial charge is 0.265 e. The van der Waals surface area contributed by atoms with Crippen molar-refractivity contribution in [1.82, 2.24) is 4.57 Å². The Morgan fingerprint density at radius 3 is 2.67 bits per heavy atom. The molecule has 3 nitrogen and oxygen atoms in total. The van der Waals surface area contributed by atoms with Crippen LogP contribution in [-0.4, -0.2) is 4.57 Å². The van der Waals surface area contributed by atoms with Crippen LogP contribution in [0, 0.1) is 0 Å². The maximum absolute atomic E-state index is 11.9. The molecule has 0 atom stereocenters. The number of halogens is 3. The molecule has 0 aliphatic rings. The molecule has 0 aliphatic carbocycles. The zero-order chi connectivity index (χ0) is 13.3. The standard InChI is InChI=1S/C12H9Br2ClN2O/c13-8-2-1-7(11(15)3-8)5-17-6-9(16)4-10(14)12(17)18/h1-4,6H,5,16H2. The first-order valence-corrected chi connectivity index (χ1v) is 7.03. The summed E-state index contributed by atoms with van der Waals surface area (Å²) < 4.78 is 2.86. The third kappa shape index (κ3) is 2.96. The molecule has 0 aliphatic heterocycles. The van der Waals surface area contributed by atoms with Gasteiger partial charge in [-0.25, -0.2) is 0 Å². The van der Waals surface area contributed by atoms with Crippen LogP contribution in [0.25, 0.3) is 0 Å². The average molecular weight is 392 g/mol. The summed E-state index contributed by atoms with van der Waals surface area (Å²) in [6.07, 6.45) is 1.60. The summed E-state index contributed by atoms with van der Waals surface area (Å²) in [6.45, 7) is 0.384. The first kappa shape index (κ1) is 13.6. The molecule has 1 heterocycles. The van der Waals surface area contributed by atoms with Crippen LogP contribution < -0.4 is 11.3 Å². The van der Waals surface area contributed by atoms with Gasteiger partial charge < -0.3 is 10.3 Å². The second-order valence-electron chi connectivity index (χ2n) is 3.79. The number of pyridine rings is 1. The van der Waals surface area contributed by atoms with Crippen LogP contribution in [0.4, 0.5) is 5.69 Å². The molecule has 0 radical (unpaired) electrons. The highest BCUT2D eigenvalue weighted by Crippen LogP contribution is 2.22. The number of aromatic nitrogens is 1. The second kappa shape index (κ2) is 5.47. The van der Waals surface area contributed by atoms with E-state index in [0.717, 1.165) is 10.0 Å². The van der Waals surface area contributed by atoms with Crippen molar-refractivity contribution in [3.63, 3.8) is 0 Å². The molecule has 0 bridgehead atoms. The van der Waals surface area contributed by atoms with E-state index in [1.807, 2.05) is 12.1 Å². The van der Waals surface area contributed by atoms with Gasteiger partial charge >= 0.3 is 0 Å². The molecule has 6 heteroatoms. The van der Waals surface area contributed by atoms with E-state index in [4.69, 9.17) is 17.3 Å². The quantitative estimate of drug-likeness (QED) is 0.848. The Morgan fingerprint density at radius 2 is 2.00 bits per heavy atom. The lowest BCUT2D eigenvalue weighted by molar-refractivity contribution is 0.757. The topological polar surface area (TPSA) is 48.0 Å². The molecule has 0 spiro atoms. The largest absolute Gasteiger partial charge is 0.398 e. The van der Waals surface area contributed by atoms with Crippen LogP contribution in [0.3, 0.4) is 0 Å². The summed E-state index contributed by atoms with van der Waals surface area (Å²) in [5, 5.41) is 0.606. The maximum Gasteiger partial charge on any atom is 0.265 e. The molecule has 18 heavy (non-hydrogen) atoms. The van der Waals surface area contributed by atoms with Crippen molar-refractivity contribution in [2.45, 2.75) is 6.54 Å². The van der Waals surface area contributed by atoms with Crippen LogP contribution >= 0.6 is 43.5 Å². The van der Waals surface area contributed by atoms with Crippen LogP contribution in [0.15, 0.2) is 44.2 Å². The molecule has 1 aromatic carbocycles. The molecule has 94 valence electrons. The van der Waals surface area contributed by atoms with Gasteiger partial charge in [-0.1, -0.05) is 33.6 Å². The molecule has 2 rings (SSSR count). The van der Waals surface area contributed by atoms with E-state index in [9.17, 15) is 4.79 Å². The van der Waals surface area contributed by atoms with Crippen molar-refractivity contribution in [1.29, 1.82) is 0 Å². The summed E-state index contributed by atoms with van der Waals surface area (Å²) in [4.78, 5) is 11.9. The second-order valence-corrected chi connectivity index (χ2v) is 5.97. The number of hydrogen-bond acceptors (Lipinski definition) is 2. The number of nitrogen functional groups attached to an aromatic ring is 1. The fraction of sp³-hybridized carbons (Fsp3) is 0.0833. The first-order chi connectivity index (χ1) is 8.47. The number of nitrogens with two attached hydrogens (primary N) is 1. The van der Waals surface area contributed by atoms with Gasteiger partial charge in [-0.05, 0) is 39.7 Å². The van der Waals surface area contributed by atoms with Gasteiger partial charge in [-0.2, -0.15) is 0 Å². The van der Waals surface area contributed by atoms with Gasteiger partial charge in [0.1, 0.15) is 0 Å². The normalized spacial score (nSPS) is 10.6. The number of benzene rings is 1. The maximum atomic E-state index is 11.9. The Bertz CT molecular complexity index is 655. The zero-order valence-electron chi connectivity index (χ0n) is 9.16. The first-order valence-electron chi connectivity index (χ1n) is 5.07. The highest BCUT2D eigenvalue weighted by Gasteiger charge is 2.06. The van der Waals surface area contributed by atoms with E-state index in [2.05, 4.69) is 31.9 Å². The highest BCUT2D eigenvalue weighted by molar-refractivity contribution is 9.10. The SMILES string of the molecule is Nc1cc(Br)c(=O)n(Cc2ccc(Br)cc2Cl)c1. The predicted molar refractivity (Wildman–Crippen MR) is 81.1 cm³/mol. The molecule has 2 aromatic rings. The summed E-state index contributed by atoms with van der Waals surface area (Å²) in [6, 6.07) is 7.13. The fourth-order valence-electron chi connectivity index (χ4n) is 1.57. The van der Waals surface area contributed by atoms with Gasteiger partial charge in [0.15, 0.2) is 0 Å². The van der Waals surface area contributed by atoms with Crippen molar-refractivity contribution in [3.8, 4) is 0 Å². The van der Waals surface area contributed by atoms with Gasteiger partial charge in [-0.3, -0.25) is 4.79 Å². The molecule has 0 saturated heterocycles. The third-order valence-corrected chi connectivity index (χ3v) is 3.83. The lowest BCUT2D eigenvalue weighted by Gasteiger charge is -2.09. The van der Waals surface area contributed by atoms with Crippen LogP contribution in [-0.2, 0) is 6.54 Å². The Kier molecular flexibility index (Phi) is 4.14. The highest BCUT2D eigenvalue weighted by atomic mass is 79.9. The molecule has 0 amide bonds. The average Bonchev–Trinajstić information content (AvgIpc) is 2.29. The van der Waals surface area contributed by atoms with Gasteiger partial charge in [-0.15, -0.1) is 0 Å². The van der Waals surface area contributed by atoms with Gasteiger partial charge in [0, 0.05) is 21.4 Å². The number of rotatable bonds is 2. The lowest BCUT2D eigenvalue weighted by atomic mass is 10.2. The number of anilines is 1. The predicted octanol–water partition coefficient (Wildman–Crippen LogP) is 3.66.